The van der Waals surface area contributed by atoms with Crippen molar-refractivity contribution in [2.75, 3.05) is 6.61 Å². The molecule has 5 rings (SSSR count). The van der Waals surface area contributed by atoms with Gasteiger partial charge in [-0.2, -0.15) is 0 Å². The Morgan fingerprint density at radius 1 is 1.21 bits per heavy atom. The molecular weight excluding hydrogens is 376 g/mol. The first kappa shape index (κ1) is 16.9. The number of halogens is 1. The van der Waals surface area contributed by atoms with E-state index >= 15 is 0 Å². The summed E-state index contributed by atoms with van der Waals surface area (Å²) in [6.45, 7) is 3.35. The molecule has 4 aromatic rings. The van der Waals surface area contributed by atoms with Crippen molar-refractivity contribution in [1.82, 2.24) is 29.9 Å². The molecule has 0 saturated carbocycles. The van der Waals surface area contributed by atoms with Gasteiger partial charge >= 0.3 is 0 Å². The maximum atomic E-state index is 6.15. The molecule has 3 aromatic heterocycles. The first-order valence-electron chi connectivity index (χ1n) is 8.96. The van der Waals surface area contributed by atoms with E-state index < -0.39 is 0 Å². The summed E-state index contributed by atoms with van der Waals surface area (Å²) in [5.41, 5.74) is 5.45. The molecule has 7 nitrogen and oxygen atoms in total. The van der Waals surface area contributed by atoms with Crippen LogP contribution in [0.1, 0.15) is 17.2 Å². The second-order valence-electron chi connectivity index (χ2n) is 6.86. The third kappa shape index (κ3) is 3.03. The van der Waals surface area contributed by atoms with Crippen LogP contribution in [-0.2, 0) is 6.54 Å². The van der Waals surface area contributed by atoms with Crippen molar-refractivity contribution in [2.45, 2.75) is 19.4 Å². The zero-order valence-corrected chi connectivity index (χ0v) is 15.9. The van der Waals surface area contributed by atoms with Crippen LogP contribution in [0.2, 0.25) is 5.02 Å². The number of nitrogens with one attached hydrogen (secondary N) is 1. The van der Waals surface area contributed by atoms with Gasteiger partial charge in [0.05, 0.1) is 24.3 Å². The third-order valence-corrected chi connectivity index (χ3v) is 5.17. The van der Waals surface area contributed by atoms with Crippen molar-refractivity contribution in [1.29, 1.82) is 0 Å². The summed E-state index contributed by atoms with van der Waals surface area (Å²) in [6.07, 6.45) is 5.60. The van der Waals surface area contributed by atoms with Crippen molar-refractivity contribution >= 4 is 11.6 Å². The number of nitrogens with zero attached hydrogens (tertiary/aromatic N) is 5. The Kier molecular flexibility index (Phi) is 4.09. The molecule has 1 aliphatic rings. The van der Waals surface area contributed by atoms with Gasteiger partial charge in [-0.15, -0.1) is 5.10 Å². The largest absolute Gasteiger partial charge is 0.493 e. The van der Waals surface area contributed by atoms with Crippen LogP contribution in [0.15, 0.2) is 49.1 Å². The van der Waals surface area contributed by atoms with Gasteiger partial charge < -0.3 is 9.30 Å². The number of benzene rings is 1. The number of fused-ring (bicyclic) bond motifs is 1. The molecule has 1 N–H and O–H groups in total. The second kappa shape index (κ2) is 6.76. The second-order valence-corrected chi connectivity index (χ2v) is 7.30. The molecule has 0 spiro atoms. The van der Waals surface area contributed by atoms with Crippen molar-refractivity contribution in [3.8, 4) is 28.4 Å². The number of pyridine rings is 1. The summed E-state index contributed by atoms with van der Waals surface area (Å²) >= 11 is 6.15. The maximum Gasteiger partial charge on any atom is 0.123 e. The van der Waals surface area contributed by atoms with Crippen LogP contribution in [0, 0.1) is 6.92 Å². The molecule has 4 heterocycles. The van der Waals surface area contributed by atoms with Gasteiger partial charge in [0, 0.05) is 41.0 Å². The van der Waals surface area contributed by atoms with Crippen LogP contribution >= 0.6 is 11.6 Å². The van der Waals surface area contributed by atoms with Crippen LogP contribution in [-0.4, -0.2) is 36.6 Å². The minimum atomic E-state index is 0.243. The lowest BCUT2D eigenvalue weighted by molar-refractivity contribution is 0.319. The van der Waals surface area contributed by atoms with Gasteiger partial charge in [-0.25, -0.2) is 4.98 Å². The first-order valence-corrected chi connectivity index (χ1v) is 9.33. The molecule has 8 heteroatoms. The maximum absolute atomic E-state index is 6.15. The number of H-pyrrole nitrogens is 1. The van der Waals surface area contributed by atoms with Gasteiger partial charge in [-0.1, -0.05) is 16.8 Å². The monoisotopic (exact) mass is 392 g/mol. The topological polar surface area (TPSA) is 81.5 Å². The molecule has 1 aliphatic heterocycles. The quantitative estimate of drug-likeness (QED) is 0.570. The highest BCUT2D eigenvalue weighted by molar-refractivity contribution is 6.30. The van der Waals surface area contributed by atoms with Crippen LogP contribution in [0.5, 0.6) is 5.75 Å². The summed E-state index contributed by atoms with van der Waals surface area (Å²) in [6, 6.07) is 9.66. The molecule has 0 radical (unpaired) electrons. The van der Waals surface area contributed by atoms with E-state index in [1.807, 2.05) is 49.8 Å². The molecule has 0 unspecified atom stereocenters. The van der Waals surface area contributed by atoms with E-state index in [0.717, 1.165) is 51.2 Å². The average Bonchev–Trinajstić information content (AvgIpc) is 3.43. The van der Waals surface area contributed by atoms with Crippen molar-refractivity contribution in [3.05, 3.63) is 65.3 Å². The van der Waals surface area contributed by atoms with E-state index in [2.05, 4.69) is 29.9 Å². The van der Waals surface area contributed by atoms with Gasteiger partial charge in [0.15, 0.2) is 0 Å². The van der Waals surface area contributed by atoms with E-state index in [1.54, 1.807) is 6.20 Å². The van der Waals surface area contributed by atoms with Crippen molar-refractivity contribution < 1.29 is 4.74 Å². The molecule has 0 amide bonds. The van der Waals surface area contributed by atoms with Gasteiger partial charge in [0.25, 0.3) is 0 Å². The molecule has 0 fully saturated rings. The summed E-state index contributed by atoms with van der Waals surface area (Å²) in [5.74, 6) is 1.15. The highest BCUT2D eigenvalue weighted by Crippen LogP contribution is 2.36. The van der Waals surface area contributed by atoms with Crippen LogP contribution < -0.4 is 4.74 Å². The average molecular weight is 393 g/mol. The number of hydrogen-bond donors (Lipinski definition) is 1. The van der Waals surface area contributed by atoms with Gasteiger partial charge in [0.2, 0.25) is 0 Å². The van der Waals surface area contributed by atoms with E-state index in [9.17, 15) is 0 Å². The lowest BCUT2D eigenvalue weighted by atomic mass is 10.0. The lowest BCUT2D eigenvalue weighted by Gasteiger charge is -2.09. The van der Waals surface area contributed by atoms with Crippen molar-refractivity contribution in [2.24, 2.45) is 0 Å². The number of aryl methyl sites for hydroxylation is 1. The Balaban J connectivity index is 1.39. The summed E-state index contributed by atoms with van der Waals surface area (Å²) in [5, 5.41) is 11.6. The smallest absolute Gasteiger partial charge is 0.123 e. The van der Waals surface area contributed by atoms with E-state index in [-0.39, 0.29) is 5.92 Å². The molecule has 140 valence electrons. The Bertz CT molecular complexity index is 1150. The van der Waals surface area contributed by atoms with E-state index in [1.165, 1.54) is 0 Å². The summed E-state index contributed by atoms with van der Waals surface area (Å²) in [7, 11) is 0. The van der Waals surface area contributed by atoms with E-state index in [4.69, 9.17) is 16.3 Å². The van der Waals surface area contributed by atoms with Crippen molar-refractivity contribution in [3.63, 3.8) is 0 Å². The van der Waals surface area contributed by atoms with Gasteiger partial charge in [0.1, 0.15) is 17.1 Å². The summed E-state index contributed by atoms with van der Waals surface area (Å²) in [4.78, 5) is 9.00. The lowest BCUT2D eigenvalue weighted by Crippen LogP contribution is -2.09. The molecule has 28 heavy (non-hydrogen) atoms. The highest BCUT2D eigenvalue weighted by Gasteiger charge is 2.25. The van der Waals surface area contributed by atoms with Crippen LogP contribution in [0.4, 0.5) is 0 Å². The number of rotatable bonds is 4. The molecule has 1 atom stereocenters. The Morgan fingerprint density at radius 2 is 2.14 bits per heavy atom. The zero-order chi connectivity index (χ0) is 19.1. The zero-order valence-electron chi connectivity index (χ0n) is 15.1. The normalized spacial score (nSPS) is 15.4. The molecule has 0 aliphatic carbocycles. The summed E-state index contributed by atoms with van der Waals surface area (Å²) < 4.78 is 7.84. The minimum absolute atomic E-state index is 0.243. The van der Waals surface area contributed by atoms with Crippen LogP contribution in [0.3, 0.4) is 0 Å². The predicted octanol–water partition coefficient (Wildman–Crippen LogP) is 3.87. The fourth-order valence-electron chi connectivity index (χ4n) is 3.52. The number of aromatic amines is 1. The highest BCUT2D eigenvalue weighted by atomic mass is 35.5. The minimum Gasteiger partial charge on any atom is -0.493 e. The van der Waals surface area contributed by atoms with Gasteiger partial charge in [-0.3, -0.25) is 10.1 Å². The number of imidazole rings is 1. The van der Waals surface area contributed by atoms with Gasteiger partial charge in [-0.05, 0) is 37.3 Å². The predicted molar refractivity (Wildman–Crippen MR) is 105 cm³/mol. The third-order valence-electron chi connectivity index (χ3n) is 4.93. The van der Waals surface area contributed by atoms with Crippen LogP contribution in [0.25, 0.3) is 22.6 Å². The fraction of sp³-hybridized carbons (Fsp3) is 0.200. The molecule has 1 aromatic carbocycles. The Hall–Kier alpha value is -3.19. The number of ether oxygens (including phenoxy) is 1. The SMILES string of the molecule is Cc1[nH]nnc1-c1ccnc(-c2cn(C[C@@H]3COc4ccc(Cl)cc43)cn2)c1. The Morgan fingerprint density at radius 3 is 3.00 bits per heavy atom. The molecule has 0 saturated heterocycles. The van der Waals surface area contributed by atoms with E-state index in [0.29, 0.717) is 6.61 Å². The molecule has 0 bridgehead atoms. The number of hydrogen-bond acceptors (Lipinski definition) is 5. The first-order chi connectivity index (χ1) is 13.7. The molecular formula is C20H17ClN6O. The Labute approximate surface area is 166 Å². The number of aromatic nitrogens is 6. The standard InChI is InChI=1S/C20H17ClN6O/c1-12-20(25-26-24-12)13-4-5-22-17(6-13)18-9-27(11-23-18)8-14-10-28-19-3-2-15(21)7-16(14)19/h2-7,9,11,14H,8,10H2,1H3,(H,24,25,26)/t14-/m1/s1. The fourth-order valence-corrected chi connectivity index (χ4v) is 3.70.